The standard InChI is InChI=1S/C22H24N4O3/c1-15-10-13-25(14-11-15)22(28)20-24-19(17-8-5-6-12-26(17)20)21(27)23-16-7-3-4-9-18(16)29-2/h3-9,12,15H,10-11,13-14H2,1-2H3,(H,23,27). The number of likely N-dealkylation sites (tertiary alicyclic amines) is 1. The Morgan fingerprint density at radius 2 is 1.83 bits per heavy atom. The van der Waals surface area contributed by atoms with Crippen LogP contribution in [-0.2, 0) is 0 Å². The summed E-state index contributed by atoms with van der Waals surface area (Å²) in [6, 6.07) is 12.6. The molecule has 29 heavy (non-hydrogen) atoms. The molecule has 0 radical (unpaired) electrons. The zero-order valence-electron chi connectivity index (χ0n) is 16.6. The van der Waals surface area contributed by atoms with Crippen LogP contribution in [0.25, 0.3) is 5.52 Å². The van der Waals surface area contributed by atoms with Gasteiger partial charge in [0.2, 0.25) is 5.82 Å². The molecule has 4 rings (SSSR count). The van der Waals surface area contributed by atoms with E-state index < -0.39 is 0 Å². The van der Waals surface area contributed by atoms with E-state index in [0.29, 0.717) is 36.0 Å². The molecule has 7 nitrogen and oxygen atoms in total. The second-order valence-corrected chi connectivity index (χ2v) is 7.37. The number of carbonyl (C=O) groups is 2. The predicted octanol–water partition coefficient (Wildman–Crippen LogP) is 3.47. The van der Waals surface area contributed by atoms with Crippen LogP contribution in [0.2, 0.25) is 0 Å². The van der Waals surface area contributed by atoms with E-state index in [0.717, 1.165) is 12.8 Å². The normalized spacial score (nSPS) is 14.8. The molecule has 7 heteroatoms. The van der Waals surface area contributed by atoms with Crippen molar-refractivity contribution >= 4 is 23.0 Å². The Kier molecular flexibility index (Phi) is 5.20. The maximum absolute atomic E-state index is 13.1. The number of nitrogens with zero attached hydrogens (tertiary/aromatic N) is 3. The number of fused-ring (bicyclic) bond motifs is 1. The summed E-state index contributed by atoms with van der Waals surface area (Å²) in [5, 5.41) is 2.84. The highest BCUT2D eigenvalue weighted by Gasteiger charge is 2.27. The fourth-order valence-corrected chi connectivity index (χ4v) is 3.64. The van der Waals surface area contributed by atoms with Gasteiger partial charge in [-0.3, -0.25) is 14.0 Å². The van der Waals surface area contributed by atoms with Crippen molar-refractivity contribution in [3.63, 3.8) is 0 Å². The number of aromatic nitrogens is 2. The lowest BCUT2D eigenvalue weighted by Crippen LogP contribution is -2.38. The number of imidazole rings is 1. The van der Waals surface area contributed by atoms with E-state index in [9.17, 15) is 9.59 Å². The van der Waals surface area contributed by atoms with Crippen LogP contribution in [0.1, 0.15) is 40.9 Å². The van der Waals surface area contributed by atoms with Gasteiger partial charge >= 0.3 is 0 Å². The molecule has 150 valence electrons. The highest BCUT2D eigenvalue weighted by Crippen LogP contribution is 2.25. The number of benzene rings is 1. The van der Waals surface area contributed by atoms with Gasteiger partial charge in [-0.25, -0.2) is 4.98 Å². The SMILES string of the molecule is COc1ccccc1NC(=O)c1nc(C(=O)N2CCC(C)CC2)n2ccccc12. The van der Waals surface area contributed by atoms with E-state index >= 15 is 0 Å². The number of anilines is 1. The first kappa shape index (κ1) is 19.0. The summed E-state index contributed by atoms with van der Waals surface area (Å²) in [5.74, 6) is 0.917. The van der Waals surface area contributed by atoms with Gasteiger partial charge in [0.15, 0.2) is 5.69 Å². The van der Waals surface area contributed by atoms with Crippen molar-refractivity contribution < 1.29 is 14.3 Å². The van der Waals surface area contributed by atoms with Crippen molar-refractivity contribution in [3.8, 4) is 5.75 Å². The molecule has 0 spiro atoms. The molecule has 1 aliphatic heterocycles. The van der Waals surface area contributed by atoms with Gasteiger partial charge in [-0.2, -0.15) is 0 Å². The van der Waals surface area contributed by atoms with Gasteiger partial charge in [-0.05, 0) is 43.0 Å². The molecule has 1 aromatic carbocycles. The lowest BCUT2D eigenvalue weighted by molar-refractivity contribution is 0.0684. The summed E-state index contributed by atoms with van der Waals surface area (Å²) in [6.45, 7) is 3.63. The predicted molar refractivity (Wildman–Crippen MR) is 110 cm³/mol. The highest BCUT2D eigenvalue weighted by molar-refractivity contribution is 6.09. The van der Waals surface area contributed by atoms with Gasteiger partial charge in [-0.15, -0.1) is 0 Å². The molecule has 1 N–H and O–H groups in total. The number of hydrogen-bond donors (Lipinski definition) is 1. The maximum atomic E-state index is 13.1. The quantitative estimate of drug-likeness (QED) is 0.738. The van der Waals surface area contributed by atoms with Crippen molar-refractivity contribution in [3.05, 3.63) is 60.2 Å². The first-order valence-electron chi connectivity index (χ1n) is 9.79. The van der Waals surface area contributed by atoms with Gasteiger partial charge in [0.05, 0.1) is 18.3 Å². The van der Waals surface area contributed by atoms with Crippen LogP contribution >= 0.6 is 0 Å². The summed E-state index contributed by atoms with van der Waals surface area (Å²) in [6.07, 6.45) is 3.73. The lowest BCUT2D eigenvalue weighted by Gasteiger charge is -2.29. The monoisotopic (exact) mass is 392 g/mol. The number of nitrogens with one attached hydrogen (secondary N) is 1. The van der Waals surface area contributed by atoms with Crippen LogP contribution in [0.5, 0.6) is 5.75 Å². The molecule has 3 heterocycles. The molecule has 1 aliphatic rings. The summed E-state index contributed by atoms with van der Waals surface area (Å²) >= 11 is 0. The molecule has 0 atom stereocenters. The first-order valence-corrected chi connectivity index (χ1v) is 9.79. The Balaban J connectivity index is 1.67. The Hall–Kier alpha value is -3.35. The summed E-state index contributed by atoms with van der Waals surface area (Å²) in [7, 11) is 1.55. The van der Waals surface area contributed by atoms with Crippen molar-refractivity contribution in [2.24, 2.45) is 5.92 Å². The van der Waals surface area contributed by atoms with E-state index in [1.165, 1.54) is 0 Å². The van der Waals surface area contributed by atoms with E-state index in [1.807, 2.05) is 29.2 Å². The van der Waals surface area contributed by atoms with E-state index in [-0.39, 0.29) is 23.3 Å². The summed E-state index contributed by atoms with van der Waals surface area (Å²) in [4.78, 5) is 32.4. The Bertz CT molecular complexity index is 1050. The minimum absolute atomic E-state index is 0.144. The van der Waals surface area contributed by atoms with E-state index in [4.69, 9.17) is 4.74 Å². The molecule has 2 aromatic heterocycles. The van der Waals surface area contributed by atoms with Gasteiger partial charge in [0.1, 0.15) is 5.75 Å². The van der Waals surface area contributed by atoms with Gasteiger partial charge in [-0.1, -0.05) is 25.1 Å². The third-order valence-electron chi connectivity index (χ3n) is 5.38. The Morgan fingerprint density at radius 3 is 2.59 bits per heavy atom. The molecular weight excluding hydrogens is 368 g/mol. The van der Waals surface area contributed by atoms with Crippen LogP contribution in [0.3, 0.4) is 0 Å². The number of amides is 2. The minimum Gasteiger partial charge on any atom is -0.495 e. The fraction of sp³-hybridized carbons (Fsp3) is 0.318. The number of rotatable bonds is 4. The molecule has 0 bridgehead atoms. The third kappa shape index (κ3) is 3.68. The summed E-state index contributed by atoms with van der Waals surface area (Å²) in [5.41, 5.74) is 1.36. The van der Waals surface area contributed by atoms with E-state index in [2.05, 4.69) is 17.2 Å². The molecule has 1 saturated heterocycles. The fourth-order valence-electron chi connectivity index (χ4n) is 3.64. The zero-order chi connectivity index (χ0) is 20.4. The van der Waals surface area contributed by atoms with Crippen LogP contribution in [0.4, 0.5) is 5.69 Å². The smallest absolute Gasteiger partial charge is 0.290 e. The molecule has 3 aromatic rings. The maximum Gasteiger partial charge on any atom is 0.290 e. The number of methoxy groups -OCH3 is 1. The number of carbonyl (C=O) groups excluding carboxylic acids is 2. The highest BCUT2D eigenvalue weighted by atomic mass is 16.5. The van der Waals surface area contributed by atoms with Crippen molar-refractivity contribution in [1.29, 1.82) is 0 Å². The number of ether oxygens (including phenoxy) is 1. The van der Waals surface area contributed by atoms with Crippen LogP contribution in [0.15, 0.2) is 48.7 Å². The number of para-hydroxylation sites is 2. The molecule has 0 unspecified atom stereocenters. The molecule has 0 aliphatic carbocycles. The average Bonchev–Trinajstić information content (AvgIpc) is 3.14. The molecule has 2 amide bonds. The van der Waals surface area contributed by atoms with Crippen molar-refractivity contribution in [2.75, 3.05) is 25.5 Å². The van der Waals surface area contributed by atoms with E-state index in [1.54, 1.807) is 35.9 Å². The topological polar surface area (TPSA) is 75.9 Å². The van der Waals surface area contributed by atoms with Gasteiger partial charge in [0, 0.05) is 19.3 Å². The largest absolute Gasteiger partial charge is 0.495 e. The molecule has 1 fully saturated rings. The van der Waals surface area contributed by atoms with Crippen molar-refractivity contribution in [2.45, 2.75) is 19.8 Å². The minimum atomic E-state index is -0.385. The second-order valence-electron chi connectivity index (χ2n) is 7.37. The molecular formula is C22H24N4O3. The van der Waals surface area contributed by atoms with Crippen LogP contribution in [-0.4, -0.2) is 46.3 Å². The Labute approximate surface area is 169 Å². The van der Waals surface area contributed by atoms with Crippen LogP contribution < -0.4 is 10.1 Å². The van der Waals surface area contributed by atoms with Gasteiger partial charge < -0.3 is 15.0 Å². The summed E-state index contributed by atoms with van der Waals surface area (Å²) < 4.78 is 6.99. The zero-order valence-corrected chi connectivity index (χ0v) is 16.6. The Morgan fingerprint density at radius 1 is 1.10 bits per heavy atom. The lowest BCUT2D eigenvalue weighted by atomic mass is 9.99. The first-order chi connectivity index (χ1) is 14.1. The number of piperidine rings is 1. The third-order valence-corrected chi connectivity index (χ3v) is 5.38. The second kappa shape index (κ2) is 7.95. The molecule has 0 saturated carbocycles. The number of pyridine rings is 1. The van der Waals surface area contributed by atoms with Gasteiger partial charge in [0.25, 0.3) is 11.8 Å². The number of hydrogen-bond acceptors (Lipinski definition) is 4. The van der Waals surface area contributed by atoms with Crippen molar-refractivity contribution in [1.82, 2.24) is 14.3 Å². The van der Waals surface area contributed by atoms with Crippen LogP contribution in [0, 0.1) is 5.92 Å². The average molecular weight is 392 g/mol.